The van der Waals surface area contributed by atoms with Crippen LogP contribution in [0.4, 0.5) is 4.39 Å². The summed E-state index contributed by atoms with van der Waals surface area (Å²) < 4.78 is 25.0. The molecule has 0 saturated heterocycles. The normalized spacial score (nSPS) is 19.8. The maximum Gasteiger partial charge on any atom is 0.321 e. The minimum atomic E-state index is -0.943. The summed E-state index contributed by atoms with van der Waals surface area (Å²) in [6.07, 6.45) is 4.72. The second-order valence-electron chi connectivity index (χ2n) is 10.7. The van der Waals surface area contributed by atoms with Crippen LogP contribution in [0.3, 0.4) is 0 Å². The third-order valence-electron chi connectivity index (χ3n) is 5.74. The summed E-state index contributed by atoms with van der Waals surface area (Å²) in [4.78, 5) is 30.3. The second-order valence-corrected chi connectivity index (χ2v) is 10.7. The third kappa shape index (κ3) is 6.05. The molecule has 1 heterocycles. The van der Waals surface area contributed by atoms with E-state index < -0.39 is 29.1 Å². The molecule has 0 unspecified atom stereocenters. The van der Waals surface area contributed by atoms with Crippen molar-refractivity contribution in [3.63, 3.8) is 0 Å². The smallest absolute Gasteiger partial charge is 0.321 e. The molecule has 0 atom stereocenters. The first kappa shape index (κ1) is 24.1. The van der Waals surface area contributed by atoms with Gasteiger partial charge in [-0.1, -0.05) is 0 Å². The van der Waals surface area contributed by atoms with Crippen molar-refractivity contribution in [3.05, 3.63) is 41.8 Å². The van der Waals surface area contributed by atoms with Crippen LogP contribution in [0.2, 0.25) is 0 Å². The van der Waals surface area contributed by atoms with Crippen molar-refractivity contribution in [1.82, 2.24) is 4.98 Å². The molecule has 5 nitrogen and oxygen atoms in total. The molecule has 0 amide bonds. The summed E-state index contributed by atoms with van der Waals surface area (Å²) in [5.74, 6) is -2.20. The Morgan fingerprint density at radius 2 is 1.50 bits per heavy atom. The summed E-state index contributed by atoms with van der Waals surface area (Å²) in [7, 11) is 0. The van der Waals surface area contributed by atoms with Crippen LogP contribution in [-0.4, -0.2) is 28.1 Å². The molecule has 1 aromatic carbocycles. The molecule has 6 heteroatoms. The molecular weight excluding hydrogens is 409 g/mol. The van der Waals surface area contributed by atoms with Gasteiger partial charge in [0.1, 0.15) is 17.0 Å². The summed E-state index contributed by atoms with van der Waals surface area (Å²) in [5.41, 5.74) is 0.467. The number of rotatable bonds is 4. The zero-order chi connectivity index (χ0) is 23.7. The standard InChI is InChI=1S/C26H34FNO4/c1-25(2,3)31-23(29)22(24(30)32-26(4,5)6)17-9-7-16(8-10-17)19-13-14-28-21-12-11-18(27)15-20(19)21/h11-17,22H,7-10H2,1-6H3. The minimum Gasteiger partial charge on any atom is -0.459 e. The first-order valence-corrected chi connectivity index (χ1v) is 11.3. The van der Waals surface area contributed by atoms with Crippen LogP contribution >= 0.6 is 0 Å². The third-order valence-corrected chi connectivity index (χ3v) is 5.74. The summed E-state index contributed by atoms with van der Waals surface area (Å²) in [5, 5.41) is 0.826. The van der Waals surface area contributed by atoms with E-state index in [4.69, 9.17) is 9.47 Å². The highest BCUT2D eigenvalue weighted by Gasteiger charge is 2.42. The second kappa shape index (κ2) is 9.16. The molecule has 1 saturated carbocycles. The number of fused-ring (bicyclic) bond motifs is 1. The van der Waals surface area contributed by atoms with Gasteiger partial charge in [0.05, 0.1) is 5.52 Å². The Morgan fingerprint density at radius 3 is 2.03 bits per heavy atom. The quantitative estimate of drug-likeness (QED) is 0.432. The number of hydrogen-bond acceptors (Lipinski definition) is 5. The van der Waals surface area contributed by atoms with Crippen molar-refractivity contribution >= 4 is 22.8 Å². The molecule has 1 aliphatic carbocycles. The molecule has 0 spiro atoms. The lowest BCUT2D eigenvalue weighted by Crippen LogP contribution is -2.41. The van der Waals surface area contributed by atoms with E-state index in [0.29, 0.717) is 12.8 Å². The van der Waals surface area contributed by atoms with Gasteiger partial charge in [0.25, 0.3) is 0 Å². The van der Waals surface area contributed by atoms with Crippen LogP contribution in [-0.2, 0) is 19.1 Å². The number of carbonyl (C=O) groups excluding carboxylic acids is 2. The Morgan fingerprint density at radius 1 is 0.938 bits per heavy atom. The van der Waals surface area contributed by atoms with Gasteiger partial charge in [-0.2, -0.15) is 0 Å². The summed E-state index contributed by atoms with van der Waals surface area (Å²) >= 11 is 0. The van der Waals surface area contributed by atoms with E-state index in [1.807, 2.05) is 6.07 Å². The van der Waals surface area contributed by atoms with E-state index in [0.717, 1.165) is 29.3 Å². The van der Waals surface area contributed by atoms with Gasteiger partial charge in [-0.25, -0.2) is 4.39 Å². The SMILES string of the molecule is CC(C)(C)OC(=O)C(C(=O)OC(C)(C)C)C1CCC(c2ccnc3ccc(F)cc23)CC1. The average Bonchev–Trinajstić information content (AvgIpc) is 2.65. The molecule has 0 aliphatic heterocycles. The highest BCUT2D eigenvalue weighted by molar-refractivity contribution is 5.95. The van der Waals surface area contributed by atoms with Gasteiger partial charge in [0, 0.05) is 11.6 Å². The topological polar surface area (TPSA) is 65.5 Å². The fraction of sp³-hybridized carbons (Fsp3) is 0.577. The largest absolute Gasteiger partial charge is 0.459 e. The van der Waals surface area contributed by atoms with Gasteiger partial charge >= 0.3 is 11.9 Å². The first-order chi connectivity index (χ1) is 14.8. The van der Waals surface area contributed by atoms with Crippen molar-refractivity contribution in [1.29, 1.82) is 0 Å². The number of carbonyl (C=O) groups is 2. The van der Waals surface area contributed by atoms with Gasteiger partial charge < -0.3 is 9.47 Å². The molecule has 1 fully saturated rings. The molecule has 1 aliphatic rings. The van der Waals surface area contributed by atoms with Gasteiger partial charge in [0.15, 0.2) is 5.92 Å². The zero-order valence-electron chi connectivity index (χ0n) is 19.9. The molecule has 3 rings (SSSR count). The van der Waals surface area contributed by atoms with E-state index in [9.17, 15) is 14.0 Å². The lowest BCUT2D eigenvalue weighted by molar-refractivity contribution is -0.178. The van der Waals surface area contributed by atoms with Crippen molar-refractivity contribution < 1.29 is 23.5 Å². The van der Waals surface area contributed by atoms with Crippen LogP contribution < -0.4 is 0 Å². The first-order valence-electron chi connectivity index (χ1n) is 11.3. The molecule has 0 N–H and O–H groups in total. The fourth-order valence-corrected chi connectivity index (χ4v) is 4.47. The summed E-state index contributed by atoms with van der Waals surface area (Å²) in [6.45, 7) is 10.8. The van der Waals surface area contributed by atoms with E-state index in [-0.39, 0.29) is 17.7 Å². The number of ether oxygens (including phenoxy) is 2. The van der Waals surface area contributed by atoms with Crippen molar-refractivity contribution in [2.45, 2.75) is 84.3 Å². The molecule has 32 heavy (non-hydrogen) atoms. The highest BCUT2D eigenvalue weighted by atomic mass is 19.1. The maximum atomic E-state index is 13.9. The predicted octanol–water partition coefficient (Wildman–Crippen LogP) is 5.95. The number of benzene rings is 1. The van der Waals surface area contributed by atoms with E-state index >= 15 is 0 Å². The lowest BCUT2D eigenvalue weighted by atomic mass is 9.73. The van der Waals surface area contributed by atoms with E-state index in [1.165, 1.54) is 12.1 Å². The highest BCUT2D eigenvalue weighted by Crippen LogP contribution is 2.42. The maximum absolute atomic E-state index is 13.9. The Hall–Kier alpha value is -2.50. The minimum absolute atomic E-state index is 0.152. The van der Waals surface area contributed by atoms with Crippen molar-refractivity contribution in [2.24, 2.45) is 11.8 Å². The Balaban J connectivity index is 1.80. The zero-order valence-corrected chi connectivity index (χ0v) is 19.9. The molecule has 0 bridgehead atoms. The Kier molecular flexibility index (Phi) is 6.91. The number of hydrogen-bond donors (Lipinski definition) is 0. The average molecular weight is 444 g/mol. The number of esters is 2. The van der Waals surface area contributed by atoms with Crippen LogP contribution in [0.25, 0.3) is 10.9 Å². The lowest BCUT2D eigenvalue weighted by Gasteiger charge is -2.34. The Bertz CT molecular complexity index is 953. The van der Waals surface area contributed by atoms with Gasteiger partial charge in [-0.05, 0) is 109 Å². The molecule has 1 aromatic heterocycles. The monoisotopic (exact) mass is 443 g/mol. The molecule has 0 radical (unpaired) electrons. The van der Waals surface area contributed by atoms with Gasteiger partial charge in [0.2, 0.25) is 0 Å². The van der Waals surface area contributed by atoms with Crippen molar-refractivity contribution in [2.75, 3.05) is 0 Å². The van der Waals surface area contributed by atoms with Crippen LogP contribution in [0.5, 0.6) is 0 Å². The molecule has 2 aromatic rings. The number of pyridine rings is 1. The molecular formula is C26H34FNO4. The van der Waals surface area contributed by atoms with Gasteiger partial charge in [-0.15, -0.1) is 0 Å². The van der Waals surface area contributed by atoms with Crippen LogP contribution in [0, 0.1) is 17.7 Å². The van der Waals surface area contributed by atoms with Crippen LogP contribution in [0.15, 0.2) is 30.5 Å². The van der Waals surface area contributed by atoms with E-state index in [1.54, 1.807) is 53.8 Å². The summed E-state index contributed by atoms with van der Waals surface area (Å²) in [6, 6.07) is 6.60. The van der Waals surface area contributed by atoms with Crippen molar-refractivity contribution in [3.8, 4) is 0 Å². The van der Waals surface area contributed by atoms with Gasteiger partial charge in [-0.3, -0.25) is 14.6 Å². The fourth-order valence-electron chi connectivity index (χ4n) is 4.47. The number of nitrogens with zero attached hydrogens (tertiary/aromatic N) is 1. The Labute approximate surface area is 189 Å². The predicted molar refractivity (Wildman–Crippen MR) is 122 cm³/mol. The number of aromatic nitrogens is 1. The number of halogens is 1. The molecule has 174 valence electrons. The van der Waals surface area contributed by atoms with E-state index in [2.05, 4.69) is 4.98 Å². The van der Waals surface area contributed by atoms with Crippen LogP contribution in [0.1, 0.15) is 78.7 Å².